The van der Waals surface area contributed by atoms with Crippen LogP contribution in [0.4, 0.5) is 4.79 Å². The van der Waals surface area contributed by atoms with Crippen molar-refractivity contribution in [2.45, 2.75) is 25.8 Å². The van der Waals surface area contributed by atoms with Crippen LogP contribution in [-0.2, 0) is 6.54 Å². The molecule has 0 bridgehead atoms. The molecule has 134 valence electrons. The van der Waals surface area contributed by atoms with Gasteiger partial charge >= 0.3 is 6.03 Å². The molecule has 3 aromatic rings. The molecule has 0 saturated heterocycles. The highest BCUT2D eigenvalue weighted by Crippen LogP contribution is 2.18. The second-order valence-corrected chi connectivity index (χ2v) is 6.38. The lowest BCUT2D eigenvalue weighted by atomic mass is 9.98. The number of amides is 2. The van der Waals surface area contributed by atoms with Crippen molar-refractivity contribution in [3.8, 4) is 11.3 Å². The molecule has 3 N–H and O–H groups in total. The Labute approximate surface area is 153 Å². The molecule has 0 saturated carbocycles. The maximum atomic E-state index is 12.0. The largest absolute Gasteiger partial charge is 0.338 e. The van der Waals surface area contributed by atoms with Crippen LogP contribution in [-0.4, -0.2) is 22.8 Å². The van der Waals surface area contributed by atoms with E-state index < -0.39 is 0 Å². The Kier molecular flexibility index (Phi) is 6.04. The number of hydrogen-bond donors (Lipinski definition) is 3. The van der Waals surface area contributed by atoms with E-state index in [-0.39, 0.29) is 6.03 Å². The Balaban J connectivity index is 1.39. The van der Waals surface area contributed by atoms with Gasteiger partial charge in [-0.15, -0.1) is 0 Å². The molecule has 3 rings (SSSR count). The summed E-state index contributed by atoms with van der Waals surface area (Å²) in [6, 6.07) is 20.2. The zero-order chi connectivity index (χ0) is 18.2. The van der Waals surface area contributed by atoms with Gasteiger partial charge in [-0.1, -0.05) is 61.5 Å². The molecule has 0 radical (unpaired) electrons. The van der Waals surface area contributed by atoms with E-state index in [4.69, 9.17) is 0 Å². The maximum absolute atomic E-state index is 12.0. The number of aromatic nitrogens is 2. The highest BCUT2D eigenvalue weighted by atomic mass is 16.2. The summed E-state index contributed by atoms with van der Waals surface area (Å²) in [5.41, 5.74) is 4.41. The first kappa shape index (κ1) is 17.7. The Morgan fingerprint density at radius 2 is 1.81 bits per heavy atom. The number of hydrogen-bond acceptors (Lipinski definition) is 2. The molecular weight excluding hydrogens is 324 g/mol. The normalized spacial score (nSPS) is 11.7. The van der Waals surface area contributed by atoms with Crippen LogP contribution in [0.15, 0.2) is 66.9 Å². The predicted octanol–water partition coefficient (Wildman–Crippen LogP) is 4.07. The lowest BCUT2D eigenvalue weighted by Crippen LogP contribution is -2.35. The third kappa shape index (κ3) is 4.96. The second-order valence-electron chi connectivity index (χ2n) is 6.38. The van der Waals surface area contributed by atoms with E-state index in [2.05, 4.69) is 39.9 Å². The van der Waals surface area contributed by atoms with Gasteiger partial charge in [-0.25, -0.2) is 4.79 Å². The number of nitrogens with one attached hydrogen (secondary N) is 3. The van der Waals surface area contributed by atoms with Crippen LogP contribution in [0.1, 0.15) is 30.4 Å². The molecule has 26 heavy (non-hydrogen) atoms. The number of urea groups is 1. The summed E-state index contributed by atoms with van der Waals surface area (Å²) < 4.78 is 0. The summed E-state index contributed by atoms with van der Waals surface area (Å²) in [6.45, 7) is 3.33. The summed E-state index contributed by atoms with van der Waals surface area (Å²) in [5.74, 6) is 0.423. The van der Waals surface area contributed by atoms with Gasteiger partial charge in [0.25, 0.3) is 0 Å². The van der Waals surface area contributed by atoms with Crippen LogP contribution < -0.4 is 10.6 Å². The van der Waals surface area contributed by atoms with Gasteiger partial charge in [0, 0.05) is 19.3 Å². The zero-order valence-corrected chi connectivity index (χ0v) is 14.9. The summed E-state index contributed by atoms with van der Waals surface area (Å²) in [7, 11) is 0. The van der Waals surface area contributed by atoms with Gasteiger partial charge in [0.15, 0.2) is 0 Å². The highest BCUT2D eigenvalue weighted by Gasteiger charge is 2.06. The first-order valence-electron chi connectivity index (χ1n) is 8.87. The molecule has 5 nitrogen and oxygen atoms in total. The van der Waals surface area contributed by atoms with E-state index in [1.165, 1.54) is 5.56 Å². The van der Waals surface area contributed by atoms with Crippen molar-refractivity contribution in [1.82, 2.24) is 20.8 Å². The molecule has 1 heterocycles. The maximum Gasteiger partial charge on any atom is 0.315 e. The molecule has 1 atom stereocenters. The van der Waals surface area contributed by atoms with E-state index in [9.17, 15) is 4.79 Å². The fourth-order valence-electron chi connectivity index (χ4n) is 2.81. The number of H-pyrrole nitrogens is 1. The first-order valence-corrected chi connectivity index (χ1v) is 8.87. The molecule has 0 aliphatic rings. The van der Waals surface area contributed by atoms with Crippen molar-refractivity contribution in [3.63, 3.8) is 0 Å². The fourth-order valence-corrected chi connectivity index (χ4v) is 2.81. The average molecular weight is 348 g/mol. The average Bonchev–Trinajstić information content (AvgIpc) is 3.22. The van der Waals surface area contributed by atoms with E-state index in [1.807, 2.05) is 48.5 Å². The third-order valence-corrected chi connectivity index (χ3v) is 4.45. The van der Waals surface area contributed by atoms with Gasteiger partial charge in [0.05, 0.1) is 5.69 Å². The van der Waals surface area contributed by atoms with Crippen molar-refractivity contribution < 1.29 is 4.79 Å². The van der Waals surface area contributed by atoms with E-state index in [1.54, 1.807) is 6.20 Å². The smallest absolute Gasteiger partial charge is 0.315 e. The number of aromatic amines is 1. The molecule has 1 unspecified atom stereocenters. The van der Waals surface area contributed by atoms with E-state index in [0.717, 1.165) is 23.2 Å². The minimum absolute atomic E-state index is 0.136. The minimum atomic E-state index is -0.136. The predicted molar refractivity (Wildman–Crippen MR) is 104 cm³/mol. The number of carbonyl (C=O) groups is 1. The van der Waals surface area contributed by atoms with Gasteiger partial charge in [-0.05, 0) is 35.1 Å². The Morgan fingerprint density at radius 1 is 1.04 bits per heavy atom. The lowest BCUT2D eigenvalue weighted by Gasteiger charge is -2.13. The molecule has 0 aliphatic heterocycles. The fraction of sp³-hybridized carbons (Fsp3) is 0.238. The first-order chi connectivity index (χ1) is 12.7. The van der Waals surface area contributed by atoms with Crippen LogP contribution in [0, 0.1) is 0 Å². The summed E-state index contributed by atoms with van der Waals surface area (Å²) in [5, 5.41) is 12.7. The molecular formula is C21H24N4O. The molecule has 2 amide bonds. The summed E-state index contributed by atoms with van der Waals surface area (Å²) >= 11 is 0. The van der Waals surface area contributed by atoms with Crippen molar-refractivity contribution in [2.75, 3.05) is 6.54 Å². The number of benzene rings is 2. The number of carbonyl (C=O) groups excluding carboxylic acids is 1. The monoisotopic (exact) mass is 348 g/mol. The Hall–Kier alpha value is -3.08. The van der Waals surface area contributed by atoms with Crippen molar-refractivity contribution in [3.05, 3.63) is 78.0 Å². The zero-order valence-electron chi connectivity index (χ0n) is 14.9. The van der Waals surface area contributed by atoms with Gasteiger partial charge < -0.3 is 10.6 Å². The van der Waals surface area contributed by atoms with Crippen LogP contribution in [0.25, 0.3) is 11.3 Å². The Morgan fingerprint density at radius 3 is 2.50 bits per heavy atom. The van der Waals surface area contributed by atoms with E-state index >= 15 is 0 Å². The summed E-state index contributed by atoms with van der Waals surface area (Å²) in [4.78, 5) is 12.0. The van der Waals surface area contributed by atoms with Gasteiger partial charge in [-0.2, -0.15) is 5.10 Å². The standard InChI is InChI=1S/C21H24N4O/c1-16(18-5-3-2-4-6-18)11-13-22-21(26)23-15-17-7-9-19(10-8-17)20-12-14-24-25-20/h2-10,12,14,16H,11,13,15H2,1H3,(H,24,25)(H2,22,23,26). The molecule has 1 aromatic heterocycles. The van der Waals surface area contributed by atoms with Crippen LogP contribution in [0.2, 0.25) is 0 Å². The summed E-state index contributed by atoms with van der Waals surface area (Å²) in [6.07, 6.45) is 2.64. The van der Waals surface area contributed by atoms with Gasteiger partial charge in [-0.3, -0.25) is 5.10 Å². The molecule has 0 fully saturated rings. The highest BCUT2D eigenvalue weighted by molar-refractivity contribution is 5.73. The van der Waals surface area contributed by atoms with Crippen molar-refractivity contribution >= 4 is 6.03 Å². The number of nitrogens with zero attached hydrogens (tertiary/aromatic N) is 1. The minimum Gasteiger partial charge on any atom is -0.338 e. The van der Waals surface area contributed by atoms with Crippen LogP contribution >= 0.6 is 0 Å². The molecule has 5 heteroatoms. The van der Waals surface area contributed by atoms with Gasteiger partial charge in [0.2, 0.25) is 0 Å². The van der Waals surface area contributed by atoms with Crippen LogP contribution in [0.5, 0.6) is 0 Å². The molecule has 2 aromatic carbocycles. The Bertz CT molecular complexity index is 798. The lowest BCUT2D eigenvalue weighted by molar-refractivity contribution is 0.240. The van der Waals surface area contributed by atoms with Crippen molar-refractivity contribution in [2.24, 2.45) is 0 Å². The topological polar surface area (TPSA) is 69.8 Å². The quantitative estimate of drug-likeness (QED) is 0.602. The SMILES string of the molecule is CC(CCNC(=O)NCc1ccc(-c2ccn[nH]2)cc1)c1ccccc1. The van der Waals surface area contributed by atoms with Crippen LogP contribution in [0.3, 0.4) is 0 Å². The number of rotatable bonds is 7. The van der Waals surface area contributed by atoms with E-state index in [0.29, 0.717) is 19.0 Å². The van der Waals surface area contributed by atoms with Gasteiger partial charge in [0.1, 0.15) is 0 Å². The third-order valence-electron chi connectivity index (χ3n) is 4.45. The molecule has 0 aliphatic carbocycles. The second kappa shape index (κ2) is 8.85. The molecule has 0 spiro atoms. The van der Waals surface area contributed by atoms with Crippen molar-refractivity contribution in [1.29, 1.82) is 0 Å².